The molecule has 0 amide bonds. The lowest BCUT2D eigenvalue weighted by Gasteiger charge is -2.30. The molecule has 0 heteroatoms. The van der Waals surface area contributed by atoms with Gasteiger partial charge in [-0.1, -0.05) is 124 Å². The summed E-state index contributed by atoms with van der Waals surface area (Å²) >= 11 is 0. The summed E-state index contributed by atoms with van der Waals surface area (Å²) in [6.07, 6.45) is 4.11. The highest BCUT2D eigenvalue weighted by Gasteiger charge is 2.22. The van der Waals surface area contributed by atoms with Gasteiger partial charge in [-0.25, -0.2) is 0 Å². The topological polar surface area (TPSA) is 0 Å². The molecule has 0 heterocycles. The highest BCUT2D eigenvalue weighted by Crippen LogP contribution is 2.33. The predicted molar refractivity (Wildman–Crippen MR) is 135 cm³/mol. The van der Waals surface area contributed by atoms with Crippen molar-refractivity contribution in [1.82, 2.24) is 0 Å². The molecule has 0 N–H and O–H groups in total. The van der Waals surface area contributed by atoms with Crippen LogP contribution in [0.15, 0.2) is 0 Å². The van der Waals surface area contributed by atoms with Gasteiger partial charge >= 0.3 is 0 Å². The van der Waals surface area contributed by atoms with Crippen LogP contribution in [-0.2, 0) is 0 Å². The minimum atomic E-state index is 0.522. The zero-order valence-electron chi connectivity index (χ0n) is 23.2. The summed E-state index contributed by atoms with van der Waals surface area (Å²) < 4.78 is 0. The second kappa shape index (κ2) is 16.8. The second-order valence-electron chi connectivity index (χ2n) is 12.3. The van der Waals surface area contributed by atoms with Crippen molar-refractivity contribution in [3.63, 3.8) is 0 Å². The van der Waals surface area contributed by atoms with Crippen molar-refractivity contribution < 1.29 is 0 Å². The summed E-state index contributed by atoms with van der Waals surface area (Å²) in [7, 11) is 0. The first-order valence-corrected chi connectivity index (χ1v) is 12.4. The van der Waals surface area contributed by atoms with Crippen molar-refractivity contribution >= 4 is 0 Å². The summed E-state index contributed by atoms with van der Waals surface area (Å²) in [6, 6.07) is 0. The van der Waals surface area contributed by atoms with Gasteiger partial charge in [0.2, 0.25) is 0 Å². The molecule has 0 bridgehead atoms. The van der Waals surface area contributed by atoms with Gasteiger partial charge < -0.3 is 0 Å². The largest absolute Gasteiger partial charge is 0.0628 e. The van der Waals surface area contributed by atoms with E-state index in [-0.39, 0.29) is 0 Å². The van der Waals surface area contributed by atoms with Crippen molar-refractivity contribution in [1.29, 1.82) is 0 Å². The lowest BCUT2D eigenvalue weighted by molar-refractivity contribution is 0.200. The first kappa shape index (κ1) is 32.7. The Morgan fingerprint density at radius 3 is 0.857 bits per heavy atom. The normalized spacial score (nSPS) is 14.4. The van der Waals surface area contributed by atoms with Crippen molar-refractivity contribution in [2.24, 2.45) is 52.8 Å². The highest BCUT2D eigenvalue weighted by atomic mass is 14.3. The van der Waals surface area contributed by atoms with E-state index in [2.05, 4.69) is 111 Å². The smallest absolute Gasteiger partial charge is 0.0329 e. The molecule has 174 valence electrons. The van der Waals surface area contributed by atoms with Crippen LogP contribution in [0.5, 0.6) is 0 Å². The van der Waals surface area contributed by atoms with Crippen LogP contribution in [0.25, 0.3) is 0 Å². The maximum atomic E-state index is 2.36. The third kappa shape index (κ3) is 20.7. The summed E-state index contributed by atoms with van der Waals surface area (Å²) in [5, 5.41) is 0. The van der Waals surface area contributed by atoms with Crippen molar-refractivity contribution in [3.8, 4) is 0 Å². The third-order valence-electron chi connectivity index (χ3n) is 6.75. The molecule has 0 spiro atoms. The van der Waals surface area contributed by atoms with Gasteiger partial charge in [0.25, 0.3) is 0 Å². The molecule has 0 aliphatic rings. The van der Waals surface area contributed by atoms with Gasteiger partial charge in [-0.05, 0) is 59.2 Å². The summed E-state index contributed by atoms with van der Waals surface area (Å²) in [6.45, 7) is 37.0. The molecule has 0 radical (unpaired) electrons. The Labute approximate surface area is 183 Å². The van der Waals surface area contributed by atoms with Gasteiger partial charge in [-0.2, -0.15) is 0 Å². The van der Waals surface area contributed by atoms with E-state index >= 15 is 0 Å². The molecular weight excluding hydrogens is 336 g/mol. The molecule has 0 aromatic carbocycles. The SMILES string of the molecule is CC(C)C(C)C(C)C(C)C.CC(C)CC(C)(C)C(C)C.CC(C)CCC(C)C. The van der Waals surface area contributed by atoms with Crippen LogP contribution in [0, 0.1) is 52.8 Å². The Hall–Kier alpha value is 0. The molecule has 0 aromatic heterocycles. The highest BCUT2D eigenvalue weighted by molar-refractivity contribution is 4.73. The minimum absolute atomic E-state index is 0.522. The summed E-state index contributed by atoms with van der Waals surface area (Å²) in [4.78, 5) is 0. The van der Waals surface area contributed by atoms with E-state index in [9.17, 15) is 0 Å². The van der Waals surface area contributed by atoms with Crippen LogP contribution >= 0.6 is 0 Å². The van der Waals surface area contributed by atoms with E-state index in [0.29, 0.717) is 5.41 Å². The fourth-order valence-electron chi connectivity index (χ4n) is 3.17. The molecular formula is C28H62. The van der Waals surface area contributed by atoms with Crippen LogP contribution in [0.4, 0.5) is 0 Å². The van der Waals surface area contributed by atoms with Gasteiger partial charge in [0, 0.05) is 0 Å². The predicted octanol–water partition coefficient (Wildman–Crippen LogP) is 10.4. The standard InChI is InChI=1S/2C10H22.C8H18/c1-8(2)7-10(5,6)9(3)4;1-7(2)9(5)10(6)8(3)4;1-7(2)5-6-8(3)4/h8-9H,7H2,1-6H3;7-10H,1-6H3;7-8H,5-6H2,1-4H3. The number of hydrogen-bond acceptors (Lipinski definition) is 0. The molecule has 0 aliphatic carbocycles. The van der Waals surface area contributed by atoms with Crippen LogP contribution in [0.3, 0.4) is 0 Å². The first-order valence-electron chi connectivity index (χ1n) is 12.4. The van der Waals surface area contributed by atoms with Crippen LogP contribution in [0.2, 0.25) is 0 Å². The van der Waals surface area contributed by atoms with Crippen LogP contribution < -0.4 is 0 Å². The molecule has 0 saturated carbocycles. The van der Waals surface area contributed by atoms with E-state index in [1.165, 1.54) is 19.3 Å². The molecule has 2 unspecified atom stereocenters. The molecule has 0 rings (SSSR count). The molecule has 28 heavy (non-hydrogen) atoms. The van der Waals surface area contributed by atoms with E-state index in [4.69, 9.17) is 0 Å². The van der Waals surface area contributed by atoms with Crippen LogP contribution in [-0.4, -0.2) is 0 Å². The summed E-state index contributed by atoms with van der Waals surface area (Å²) in [5.74, 6) is 6.79. The van der Waals surface area contributed by atoms with Crippen molar-refractivity contribution in [3.05, 3.63) is 0 Å². The number of hydrogen-bond donors (Lipinski definition) is 0. The zero-order chi connectivity index (χ0) is 23.2. The van der Waals surface area contributed by atoms with Gasteiger partial charge in [0.05, 0.1) is 0 Å². The van der Waals surface area contributed by atoms with Gasteiger partial charge in [0.1, 0.15) is 0 Å². The Kier molecular flexibility index (Phi) is 19.5. The third-order valence-corrected chi connectivity index (χ3v) is 6.75. The molecule has 0 aliphatic heterocycles. The molecule has 0 aromatic rings. The van der Waals surface area contributed by atoms with E-state index < -0.39 is 0 Å². The average Bonchev–Trinajstić information content (AvgIpc) is 2.51. The Morgan fingerprint density at radius 1 is 0.464 bits per heavy atom. The number of rotatable bonds is 9. The van der Waals surface area contributed by atoms with Crippen LogP contribution in [0.1, 0.15) is 130 Å². The van der Waals surface area contributed by atoms with Gasteiger partial charge in [-0.15, -0.1) is 0 Å². The fourth-order valence-corrected chi connectivity index (χ4v) is 3.17. The Morgan fingerprint density at radius 2 is 0.750 bits per heavy atom. The quantitative estimate of drug-likeness (QED) is 0.362. The second-order valence-corrected chi connectivity index (χ2v) is 12.3. The monoisotopic (exact) mass is 398 g/mol. The Balaban J connectivity index is -0.000000337. The molecule has 0 saturated heterocycles. The maximum Gasteiger partial charge on any atom is -0.0329 e. The van der Waals surface area contributed by atoms with E-state index in [1.54, 1.807) is 0 Å². The minimum Gasteiger partial charge on any atom is -0.0628 e. The summed E-state index contributed by atoms with van der Waals surface area (Å²) in [5.41, 5.74) is 0.522. The molecule has 0 fully saturated rings. The average molecular weight is 399 g/mol. The van der Waals surface area contributed by atoms with Gasteiger partial charge in [-0.3, -0.25) is 0 Å². The van der Waals surface area contributed by atoms with Gasteiger partial charge in [0.15, 0.2) is 0 Å². The lowest BCUT2D eigenvalue weighted by Crippen LogP contribution is -2.21. The van der Waals surface area contributed by atoms with E-state index in [1.807, 2.05) is 0 Å². The molecule has 0 nitrogen and oxygen atoms in total. The Bertz CT molecular complexity index is 297. The fraction of sp³-hybridized carbons (Fsp3) is 1.00. The maximum absolute atomic E-state index is 2.36. The van der Waals surface area contributed by atoms with E-state index in [0.717, 1.165) is 47.3 Å². The van der Waals surface area contributed by atoms with Crippen molar-refractivity contribution in [2.45, 2.75) is 130 Å². The van der Waals surface area contributed by atoms with Crippen molar-refractivity contribution in [2.75, 3.05) is 0 Å². The lowest BCUT2D eigenvalue weighted by atomic mass is 9.75. The molecule has 2 atom stereocenters. The first-order chi connectivity index (χ1) is 12.4. The zero-order valence-corrected chi connectivity index (χ0v) is 23.2.